The molecule has 29 heavy (non-hydrogen) atoms. The number of sulfonamides is 1. The highest BCUT2D eigenvalue weighted by atomic mass is 35.5. The molecule has 2 rings (SSSR count). The third kappa shape index (κ3) is 6.42. The Bertz CT molecular complexity index is 983. The van der Waals surface area contributed by atoms with Crippen LogP contribution in [0.25, 0.3) is 0 Å². The van der Waals surface area contributed by atoms with E-state index in [1.165, 1.54) is 26.4 Å². The number of nitrogens with zero attached hydrogens (tertiary/aromatic N) is 1. The third-order valence-electron chi connectivity index (χ3n) is 4.02. The molecule has 0 spiro atoms. The first kappa shape index (κ1) is 23.1. The number of hydrogen-bond donors (Lipinski definition) is 1. The van der Waals surface area contributed by atoms with Gasteiger partial charge in [-0.1, -0.05) is 23.2 Å². The van der Waals surface area contributed by atoms with E-state index in [0.717, 1.165) is 10.6 Å². The van der Waals surface area contributed by atoms with E-state index in [2.05, 4.69) is 5.32 Å². The second kappa shape index (κ2) is 10.0. The minimum atomic E-state index is -3.61. The van der Waals surface area contributed by atoms with Crippen molar-refractivity contribution < 1.29 is 22.7 Å². The second-order valence-corrected chi connectivity index (χ2v) is 8.90. The van der Waals surface area contributed by atoms with Crippen molar-refractivity contribution in [3.05, 3.63) is 46.4 Å². The Labute approximate surface area is 180 Å². The molecule has 0 aliphatic rings. The molecule has 10 heteroatoms. The summed E-state index contributed by atoms with van der Waals surface area (Å²) < 4.78 is 35.9. The van der Waals surface area contributed by atoms with Crippen LogP contribution in [0, 0.1) is 0 Å². The van der Waals surface area contributed by atoms with Gasteiger partial charge in [-0.2, -0.15) is 0 Å². The van der Waals surface area contributed by atoms with Crippen molar-refractivity contribution >= 4 is 50.5 Å². The van der Waals surface area contributed by atoms with E-state index in [-0.39, 0.29) is 36.0 Å². The summed E-state index contributed by atoms with van der Waals surface area (Å²) in [4.78, 5) is 12.3. The summed E-state index contributed by atoms with van der Waals surface area (Å²) in [6.45, 7) is 0.0710. The van der Waals surface area contributed by atoms with Gasteiger partial charge in [-0.15, -0.1) is 0 Å². The molecule has 7 nitrogen and oxygen atoms in total. The van der Waals surface area contributed by atoms with Crippen molar-refractivity contribution in [3.63, 3.8) is 0 Å². The lowest BCUT2D eigenvalue weighted by Crippen LogP contribution is -2.31. The Morgan fingerprint density at radius 2 is 1.83 bits per heavy atom. The first-order chi connectivity index (χ1) is 13.7. The van der Waals surface area contributed by atoms with Crippen molar-refractivity contribution in [2.75, 3.05) is 36.6 Å². The Balaban J connectivity index is 2.07. The molecule has 0 saturated heterocycles. The SMILES string of the molecule is COc1ccc(OC)c(NC(=O)CCCN(c2cc(Cl)ccc2Cl)S(C)(=O)=O)c1. The molecule has 0 heterocycles. The first-order valence-corrected chi connectivity index (χ1v) is 11.2. The largest absolute Gasteiger partial charge is 0.497 e. The lowest BCUT2D eigenvalue weighted by atomic mass is 10.2. The zero-order chi connectivity index (χ0) is 21.6. The van der Waals surface area contributed by atoms with Crippen LogP contribution >= 0.6 is 23.2 Å². The number of nitrogens with one attached hydrogen (secondary N) is 1. The fraction of sp³-hybridized carbons (Fsp3) is 0.316. The van der Waals surface area contributed by atoms with Gasteiger partial charge in [0.1, 0.15) is 11.5 Å². The number of hydrogen-bond acceptors (Lipinski definition) is 5. The predicted molar refractivity (Wildman–Crippen MR) is 116 cm³/mol. The molecule has 1 N–H and O–H groups in total. The molecule has 0 saturated carbocycles. The molecule has 2 aromatic rings. The second-order valence-electron chi connectivity index (χ2n) is 6.15. The zero-order valence-corrected chi connectivity index (χ0v) is 18.6. The number of carbonyl (C=O) groups excluding carboxylic acids is 1. The van der Waals surface area contributed by atoms with Gasteiger partial charge in [-0.25, -0.2) is 8.42 Å². The Morgan fingerprint density at radius 1 is 1.10 bits per heavy atom. The highest BCUT2D eigenvalue weighted by Gasteiger charge is 2.20. The number of benzene rings is 2. The average Bonchev–Trinajstić information content (AvgIpc) is 2.66. The lowest BCUT2D eigenvalue weighted by molar-refractivity contribution is -0.116. The monoisotopic (exact) mass is 460 g/mol. The van der Waals surface area contributed by atoms with Crippen LogP contribution in [0.5, 0.6) is 11.5 Å². The molecule has 0 atom stereocenters. The average molecular weight is 461 g/mol. The predicted octanol–water partition coefficient (Wildman–Crippen LogP) is 4.20. The minimum absolute atomic E-state index is 0.0710. The summed E-state index contributed by atoms with van der Waals surface area (Å²) in [7, 11) is -0.594. The molecule has 0 bridgehead atoms. The van der Waals surface area contributed by atoms with Crippen LogP contribution in [0.3, 0.4) is 0 Å². The number of carbonyl (C=O) groups is 1. The number of methoxy groups -OCH3 is 2. The van der Waals surface area contributed by atoms with Gasteiger partial charge in [0.15, 0.2) is 0 Å². The maximum Gasteiger partial charge on any atom is 0.232 e. The molecular formula is C19H22Cl2N2O5S. The number of ether oxygens (including phenoxy) is 2. The van der Waals surface area contributed by atoms with E-state index < -0.39 is 10.0 Å². The topological polar surface area (TPSA) is 84.9 Å². The highest BCUT2D eigenvalue weighted by Crippen LogP contribution is 2.31. The van der Waals surface area contributed by atoms with Crippen LogP contribution in [0.2, 0.25) is 10.0 Å². The molecule has 2 aromatic carbocycles. The Kier molecular flexibility index (Phi) is 8.01. The maximum absolute atomic E-state index is 12.3. The van der Waals surface area contributed by atoms with Gasteiger partial charge in [0.25, 0.3) is 0 Å². The van der Waals surface area contributed by atoms with E-state index in [0.29, 0.717) is 22.2 Å². The van der Waals surface area contributed by atoms with Crippen LogP contribution in [0.4, 0.5) is 11.4 Å². The number of halogens is 2. The zero-order valence-electron chi connectivity index (χ0n) is 16.2. The fourth-order valence-electron chi connectivity index (χ4n) is 2.65. The summed E-state index contributed by atoms with van der Waals surface area (Å²) in [5, 5.41) is 3.37. The maximum atomic E-state index is 12.3. The molecule has 1 amide bonds. The summed E-state index contributed by atoms with van der Waals surface area (Å²) >= 11 is 12.1. The van der Waals surface area contributed by atoms with E-state index in [1.54, 1.807) is 24.3 Å². The Morgan fingerprint density at radius 3 is 2.45 bits per heavy atom. The third-order valence-corrected chi connectivity index (χ3v) is 5.76. The number of amides is 1. The van der Waals surface area contributed by atoms with E-state index in [4.69, 9.17) is 32.7 Å². The van der Waals surface area contributed by atoms with E-state index >= 15 is 0 Å². The van der Waals surface area contributed by atoms with Gasteiger partial charge in [0.2, 0.25) is 15.9 Å². The first-order valence-electron chi connectivity index (χ1n) is 8.60. The van der Waals surface area contributed by atoms with Gasteiger partial charge < -0.3 is 14.8 Å². The van der Waals surface area contributed by atoms with Crippen molar-refractivity contribution in [1.82, 2.24) is 0 Å². The smallest absolute Gasteiger partial charge is 0.232 e. The van der Waals surface area contributed by atoms with Gasteiger partial charge >= 0.3 is 0 Å². The van der Waals surface area contributed by atoms with Crippen LogP contribution in [-0.2, 0) is 14.8 Å². The number of anilines is 2. The molecule has 0 fully saturated rings. The molecule has 0 aliphatic heterocycles. The Hall–Kier alpha value is -2.16. The standard InChI is InChI=1S/C19H22Cl2N2O5S/c1-27-14-7-9-18(28-2)16(12-14)22-19(24)5-4-10-23(29(3,25)26)17-11-13(20)6-8-15(17)21/h6-9,11-12H,4-5,10H2,1-3H3,(H,22,24). The molecule has 158 valence electrons. The molecule has 0 aliphatic carbocycles. The van der Waals surface area contributed by atoms with Gasteiger partial charge in [-0.05, 0) is 36.8 Å². The van der Waals surface area contributed by atoms with Crippen LogP contribution < -0.4 is 19.1 Å². The summed E-state index contributed by atoms with van der Waals surface area (Å²) in [5.41, 5.74) is 0.742. The van der Waals surface area contributed by atoms with Crippen molar-refractivity contribution in [2.45, 2.75) is 12.8 Å². The molecule has 0 aromatic heterocycles. The van der Waals surface area contributed by atoms with Crippen LogP contribution in [0.1, 0.15) is 12.8 Å². The number of rotatable bonds is 9. The molecule has 0 unspecified atom stereocenters. The summed E-state index contributed by atoms with van der Waals surface area (Å²) in [6.07, 6.45) is 1.43. The van der Waals surface area contributed by atoms with Crippen molar-refractivity contribution in [2.24, 2.45) is 0 Å². The normalized spacial score (nSPS) is 11.1. The minimum Gasteiger partial charge on any atom is -0.497 e. The van der Waals surface area contributed by atoms with Crippen LogP contribution in [-0.4, -0.2) is 41.3 Å². The fourth-order valence-corrected chi connectivity index (χ4v) is 4.05. The molecule has 0 radical (unpaired) electrons. The quantitative estimate of drug-likeness (QED) is 0.605. The van der Waals surface area contributed by atoms with Gasteiger partial charge in [0, 0.05) is 24.1 Å². The summed E-state index contributed by atoms with van der Waals surface area (Å²) in [5.74, 6) is 0.768. The van der Waals surface area contributed by atoms with Crippen molar-refractivity contribution in [1.29, 1.82) is 0 Å². The van der Waals surface area contributed by atoms with Gasteiger partial charge in [-0.3, -0.25) is 9.10 Å². The molecular weight excluding hydrogens is 439 g/mol. The highest BCUT2D eigenvalue weighted by molar-refractivity contribution is 7.92. The van der Waals surface area contributed by atoms with Crippen LogP contribution in [0.15, 0.2) is 36.4 Å². The van der Waals surface area contributed by atoms with E-state index in [1.807, 2.05) is 0 Å². The van der Waals surface area contributed by atoms with Gasteiger partial charge in [0.05, 0.1) is 36.9 Å². The van der Waals surface area contributed by atoms with Crippen molar-refractivity contribution in [3.8, 4) is 11.5 Å². The lowest BCUT2D eigenvalue weighted by Gasteiger charge is -2.23. The summed E-state index contributed by atoms with van der Waals surface area (Å²) in [6, 6.07) is 9.62. The van der Waals surface area contributed by atoms with E-state index in [9.17, 15) is 13.2 Å².